The minimum Gasteiger partial charge on any atom is -0.492 e. The Kier molecular flexibility index (Phi) is 5.59. The molecule has 6 nitrogen and oxygen atoms in total. The average Bonchev–Trinajstić information content (AvgIpc) is 2.52. The summed E-state index contributed by atoms with van der Waals surface area (Å²) in [5, 5.41) is 5.77. The van der Waals surface area contributed by atoms with Gasteiger partial charge in [-0.1, -0.05) is 12.1 Å². The Morgan fingerprint density at radius 2 is 1.95 bits per heavy atom. The van der Waals surface area contributed by atoms with E-state index in [9.17, 15) is 4.79 Å². The molecule has 2 N–H and O–H groups in total. The zero-order valence-electron chi connectivity index (χ0n) is 12.6. The van der Waals surface area contributed by atoms with Crippen LogP contribution in [0.25, 0.3) is 0 Å². The van der Waals surface area contributed by atoms with Gasteiger partial charge in [0.05, 0.1) is 30.8 Å². The van der Waals surface area contributed by atoms with Gasteiger partial charge in [-0.3, -0.25) is 5.32 Å². The predicted octanol–water partition coefficient (Wildman–Crippen LogP) is 3.79. The molecule has 0 saturated heterocycles. The first-order valence-electron chi connectivity index (χ1n) is 7.11. The van der Waals surface area contributed by atoms with E-state index < -0.39 is 6.09 Å². The van der Waals surface area contributed by atoms with Crippen molar-refractivity contribution in [1.29, 1.82) is 0 Å². The topological polar surface area (TPSA) is 72.5 Å². The number of para-hydroxylation sites is 2. The summed E-state index contributed by atoms with van der Waals surface area (Å²) in [6.07, 6.45) is 1.06. The predicted molar refractivity (Wildman–Crippen MR) is 85.8 cm³/mol. The van der Waals surface area contributed by atoms with Gasteiger partial charge in [0.25, 0.3) is 0 Å². The molecule has 0 saturated carbocycles. The summed E-state index contributed by atoms with van der Waals surface area (Å²) >= 11 is 0. The lowest BCUT2D eigenvalue weighted by Gasteiger charge is -2.12. The van der Waals surface area contributed by atoms with Gasteiger partial charge in [-0.25, -0.2) is 9.78 Å². The molecular formula is C16H19N3O3. The molecular weight excluding hydrogens is 282 g/mol. The van der Waals surface area contributed by atoms with E-state index in [1.54, 1.807) is 25.3 Å². The molecule has 0 aliphatic heterocycles. The van der Waals surface area contributed by atoms with E-state index in [0.717, 1.165) is 11.4 Å². The lowest BCUT2D eigenvalue weighted by Crippen LogP contribution is -2.13. The van der Waals surface area contributed by atoms with Crippen molar-refractivity contribution in [3.05, 3.63) is 42.6 Å². The number of benzene rings is 1. The van der Waals surface area contributed by atoms with Crippen molar-refractivity contribution >= 4 is 23.3 Å². The third kappa shape index (κ3) is 4.37. The van der Waals surface area contributed by atoms with Crippen LogP contribution in [0, 0.1) is 0 Å². The smallest absolute Gasteiger partial charge is 0.411 e. The Morgan fingerprint density at radius 3 is 2.64 bits per heavy atom. The van der Waals surface area contributed by atoms with Crippen LogP contribution in [0.5, 0.6) is 5.75 Å². The number of rotatable bonds is 6. The molecule has 2 rings (SSSR count). The molecule has 0 atom stereocenters. The molecule has 1 heterocycles. The SMILES string of the molecule is CCOC(=O)Nc1ccc(Nc2ccccc2OCC)nc1. The number of nitrogens with one attached hydrogen (secondary N) is 2. The molecule has 1 aromatic carbocycles. The Balaban J connectivity index is 2.04. The van der Waals surface area contributed by atoms with Gasteiger partial charge in [0, 0.05) is 0 Å². The van der Waals surface area contributed by atoms with Crippen LogP contribution >= 0.6 is 0 Å². The summed E-state index contributed by atoms with van der Waals surface area (Å²) in [5.41, 5.74) is 1.41. The monoisotopic (exact) mass is 301 g/mol. The molecule has 1 aromatic heterocycles. The van der Waals surface area contributed by atoms with Gasteiger partial charge in [0.2, 0.25) is 0 Å². The van der Waals surface area contributed by atoms with Crippen LogP contribution in [-0.4, -0.2) is 24.3 Å². The van der Waals surface area contributed by atoms with Crippen LogP contribution in [0.1, 0.15) is 13.8 Å². The molecule has 0 aliphatic rings. The van der Waals surface area contributed by atoms with Gasteiger partial charge < -0.3 is 14.8 Å². The number of hydrogen-bond acceptors (Lipinski definition) is 5. The summed E-state index contributed by atoms with van der Waals surface area (Å²) in [4.78, 5) is 15.6. The third-order valence-corrected chi connectivity index (χ3v) is 2.73. The first kappa shape index (κ1) is 15.6. The minimum atomic E-state index is -0.494. The van der Waals surface area contributed by atoms with E-state index in [4.69, 9.17) is 9.47 Å². The first-order chi connectivity index (χ1) is 10.7. The normalized spacial score (nSPS) is 9.91. The first-order valence-corrected chi connectivity index (χ1v) is 7.11. The fourth-order valence-electron chi connectivity index (χ4n) is 1.82. The van der Waals surface area contributed by atoms with Gasteiger partial charge in [-0.15, -0.1) is 0 Å². The molecule has 0 fully saturated rings. The summed E-state index contributed by atoms with van der Waals surface area (Å²) in [7, 11) is 0. The Labute approximate surface area is 129 Å². The van der Waals surface area contributed by atoms with Crippen LogP contribution in [0.4, 0.5) is 22.0 Å². The van der Waals surface area contributed by atoms with Gasteiger partial charge in [-0.05, 0) is 38.1 Å². The van der Waals surface area contributed by atoms with E-state index in [-0.39, 0.29) is 0 Å². The van der Waals surface area contributed by atoms with Crippen molar-refractivity contribution < 1.29 is 14.3 Å². The molecule has 116 valence electrons. The van der Waals surface area contributed by atoms with Crippen molar-refractivity contribution in [3.63, 3.8) is 0 Å². The maximum atomic E-state index is 11.3. The van der Waals surface area contributed by atoms with Crippen LogP contribution in [0.2, 0.25) is 0 Å². The molecule has 22 heavy (non-hydrogen) atoms. The Hall–Kier alpha value is -2.76. The Bertz CT molecular complexity index is 614. The highest BCUT2D eigenvalue weighted by Gasteiger charge is 2.05. The van der Waals surface area contributed by atoms with Crippen LogP contribution in [0.3, 0.4) is 0 Å². The van der Waals surface area contributed by atoms with Crippen LogP contribution < -0.4 is 15.4 Å². The Morgan fingerprint density at radius 1 is 1.14 bits per heavy atom. The molecule has 0 bridgehead atoms. The van der Waals surface area contributed by atoms with Crippen molar-refractivity contribution in [1.82, 2.24) is 4.98 Å². The molecule has 0 aliphatic carbocycles. The lowest BCUT2D eigenvalue weighted by atomic mass is 10.3. The maximum absolute atomic E-state index is 11.3. The highest BCUT2D eigenvalue weighted by atomic mass is 16.5. The van der Waals surface area contributed by atoms with Crippen molar-refractivity contribution in [3.8, 4) is 5.75 Å². The summed E-state index contributed by atoms with van der Waals surface area (Å²) in [6, 6.07) is 11.2. The molecule has 2 aromatic rings. The molecule has 0 spiro atoms. The van der Waals surface area contributed by atoms with Gasteiger partial charge >= 0.3 is 6.09 Å². The number of aromatic nitrogens is 1. The van der Waals surface area contributed by atoms with E-state index in [1.165, 1.54) is 0 Å². The fraction of sp³-hybridized carbons (Fsp3) is 0.250. The van der Waals surface area contributed by atoms with Crippen molar-refractivity contribution in [2.45, 2.75) is 13.8 Å². The van der Waals surface area contributed by atoms with Gasteiger partial charge in [0.15, 0.2) is 0 Å². The summed E-state index contributed by atoms with van der Waals surface area (Å²) in [5.74, 6) is 1.42. The number of hydrogen-bond donors (Lipinski definition) is 2. The highest BCUT2D eigenvalue weighted by molar-refractivity contribution is 5.84. The molecule has 0 unspecified atom stereocenters. The summed E-state index contributed by atoms with van der Waals surface area (Å²) in [6.45, 7) is 4.60. The molecule has 0 radical (unpaired) electrons. The second-order valence-electron chi connectivity index (χ2n) is 4.33. The number of nitrogens with zero attached hydrogens (tertiary/aromatic N) is 1. The molecule has 6 heteroatoms. The van der Waals surface area contributed by atoms with Crippen LogP contribution in [0.15, 0.2) is 42.6 Å². The second-order valence-corrected chi connectivity index (χ2v) is 4.33. The number of carbonyl (C=O) groups is 1. The zero-order valence-corrected chi connectivity index (χ0v) is 12.6. The van der Waals surface area contributed by atoms with Crippen LogP contribution in [-0.2, 0) is 4.74 Å². The highest BCUT2D eigenvalue weighted by Crippen LogP contribution is 2.26. The van der Waals surface area contributed by atoms with E-state index >= 15 is 0 Å². The zero-order chi connectivity index (χ0) is 15.8. The van der Waals surface area contributed by atoms with Crippen molar-refractivity contribution in [2.75, 3.05) is 23.8 Å². The van der Waals surface area contributed by atoms with Gasteiger partial charge in [-0.2, -0.15) is 0 Å². The fourth-order valence-corrected chi connectivity index (χ4v) is 1.82. The number of carbonyl (C=O) groups excluding carboxylic acids is 1. The number of amides is 1. The summed E-state index contributed by atoms with van der Waals surface area (Å²) < 4.78 is 10.4. The standard InChI is InChI=1S/C16H19N3O3/c1-3-21-14-8-6-5-7-13(14)19-15-10-9-12(11-17-15)18-16(20)22-4-2/h5-11H,3-4H2,1-2H3,(H,17,19)(H,18,20). The van der Waals surface area contributed by atoms with E-state index in [2.05, 4.69) is 15.6 Å². The third-order valence-electron chi connectivity index (χ3n) is 2.73. The van der Waals surface area contributed by atoms with Gasteiger partial charge in [0.1, 0.15) is 11.6 Å². The molecule has 1 amide bonds. The second kappa shape index (κ2) is 7.87. The maximum Gasteiger partial charge on any atom is 0.411 e. The number of anilines is 3. The minimum absolute atomic E-state index is 0.327. The number of pyridine rings is 1. The lowest BCUT2D eigenvalue weighted by molar-refractivity contribution is 0.168. The van der Waals surface area contributed by atoms with E-state index in [1.807, 2.05) is 31.2 Å². The number of ether oxygens (including phenoxy) is 2. The largest absolute Gasteiger partial charge is 0.492 e. The van der Waals surface area contributed by atoms with E-state index in [0.29, 0.717) is 24.7 Å². The average molecular weight is 301 g/mol. The quantitative estimate of drug-likeness (QED) is 0.849. The van der Waals surface area contributed by atoms with Crippen molar-refractivity contribution in [2.24, 2.45) is 0 Å².